The predicted octanol–water partition coefficient (Wildman–Crippen LogP) is 2.35. The van der Waals surface area contributed by atoms with Crippen LogP contribution < -0.4 is 10.6 Å². The Labute approximate surface area is 96.2 Å². The third-order valence-corrected chi connectivity index (χ3v) is 2.32. The van der Waals surface area contributed by atoms with E-state index in [1.807, 2.05) is 19.1 Å². The Kier molecular flexibility index (Phi) is 5.18. The van der Waals surface area contributed by atoms with Crippen LogP contribution in [0, 0.1) is 6.92 Å². The molecule has 1 rings (SSSR count). The van der Waals surface area contributed by atoms with Crippen LogP contribution in [0.15, 0.2) is 16.5 Å². The monoisotopic (exact) mass is 226 g/mol. The van der Waals surface area contributed by atoms with Gasteiger partial charge in [0.25, 0.3) is 0 Å². The van der Waals surface area contributed by atoms with Crippen LogP contribution in [-0.4, -0.2) is 11.7 Å². The lowest BCUT2D eigenvalue weighted by molar-refractivity contribution is 0.477. The fourth-order valence-corrected chi connectivity index (χ4v) is 1.36. The number of furan rings is 1. The quantitative estimate of drug-likeness (QED) is 0.597. The Hall–Kier alpha value is -1.03. The van der Waals surface area contributed by atoms with Crippen molar-refractivity contribution in [2.24, 2.45) is 0 Å². The van der Waals surface area contributed by atoms with E-state index in [1.165, 1.54) is 6.42 Å². The number of aryl methyl sites for hydroxylation is 1. The van der Waals surface area contributed by atoms with Gasteiger partial charge in [-0.05, 0) is 37.7 Å². The Bertz CT molecular complexity index is 309. The molecule has 15 heavy (non-hydrogen) atoms. The zero-order chi connectivity index (χ0) is 11.1. The van der Waals surface area contributed by atoms with E-state index >= 15 is 0 Å². The Morgan fingerprint density at radius 2 is 2.20 bits per heavy atom. The molecule has 0 spiro atoms. The molecular formula is C11H18N2OS. The van der Waals surface area contributed by atoms with Crippen molar-refractivity contribution >= 4 is 17.3 Å². The highest BCUT2D eigenvalue weighted by molar-refractivity contribution is 7.80. The second-order valence-corrected chi connectivity index (χ2v) is 3.88. The molecule has 0 aliphatic rings. The van der Waals surface area contributed by atoms with Crippen molar-refractivity contribution in [3.63, 3.8) is 0 Å². The number of hydrogen-bond acceptors (Lipinski definition) is 2. The fraction of sp³-hybridized carbons (Fsp3) is 0.545. The first kappa shape index (κ1) is 12.0. The van der Waals surface area contributed by atoms with Crippen LogP contribution in [-0.2, 0) is 6.54 Å². The fourth-order valence-electron chi connectivity index (χ4n) is 1.19. The molecule has 2 N–H and O–H groups in total. The maximum atomic E-state index is 5.41. The van der Waals surface area contributed by atoms with E-state index in [9.17, 15) is 0 Å². The summed E-state index contributed by atoms with van der Waals surface area (Å²) in [6.45, 7) is 5.66. The van der Waals surface area contributed by atoms with Crippen LogP contribution in [0.1, 0.15) is 31.3 Å². The van der Waals surface area contributed by atoms with E-state index in [1.54, 1.807) is 0 Å². The zero-order valence-corrected chi connectivity index (χ0v) is 10.1. The van der Waals surface area contributed by atoms with Gasteiger partial charge in [-0.15, -0.1) is 0 Å². The summed E-state index contributed by atoms with van der Waals surface area (Å²) in [7, 11) is 0. The molecule has 0 saturated carbocycles. The van der Waals surface area contributed by atoms with Gasteiger partial charge < -0.3 is 15.1 Å². The van der Waals surface area contributed by atoms with Gasteiger partial charge in [-0.1, -0.05) is 13.3 Å². The molecule has 0 aliphatic heterocycles. The van der Waals surface area contributed by atoms with E-state index in [2.05, 4.69) is 17.6 Å². The summed E-state index contributed by atoms with van der Waals surface area (Å²) >= 11 is 5.11. The van der Waals surface area contributed by atoms with Gasteiger partial charge in [-0.25, -0.2) is 0 Å². The molecule has 0 fully saturated rings. The van der Waals surface area contributed by atoms with E-state index in [4.69, 9.17) is 16.6 Å². The standard InChI is InChI=1S/C11H18N2OS/c1-3-4-7-12-11(15)13-8-10-6-5-9(2)14-10/h5-6H,3-4,7-8H2,1-2H3,(H2,12,13,15). The van der Waals surface area contributed by atoms with Crippen molar-refractivity contribution in [2.75, 3.05) is 6.54 Å². The molecule has 0 amide bonds. The van der Waals surface area contributed by atoms with Crippen LogP contribution >= 0.6 is 12.2 Å². The van der Waals surface area contributed by atoms with Crippen molar-refractivity contribution in [1.82, 2.24) is 10.6 Å². The summed E-state index contributed by atoms with van der Waals surface area (Å²) < 4.78 is 5.41. The molecule has 0 aliphatic carbocycles. The summed E-state index contributed by atoms with van der Waals surface area (Å²) in [5.41, 5.74) is 0. The zero-order valence-electron chi connectivity index (χ0n) is 9.30. The number of hydrogen-bond donors (Lipinski definition) is 2. The highest BCUT2D eigenvalue weighted by atomic mass is 32.1. The maximum absolute atomic E-state index is 5.41. The molecule has 84 valence electrons. The minimum absolute atomic E-state index is 0.645. The molecule has 1 heterocycles. The third kappa shape index (κ3) is 4.83. The molecule has 0 saturated heterocycles. The van der Waals surface area contributed by atoms with Crippen molar-refractivity contribution < 1.29 is 4.42 Å². The summed E-state index contributed by atoms with van der Waals surface area (Å²) in [4.78, 5) is 0. The van der Waals surface area contributed by atoms with Crippen molar-refractivity contribution in [1.29, 1.82) is 0 Å². The number of unbranched alkanes of at least 4 members (excludes halogenated alkanes) is 1. The van der Waals surface area contributed by atoms with Gasteiger partial charge in [-0.3, -0.25) is 0 Å². The minimum Gasteiger partial charge on any atom is -0.465 e. The average Bonchev–Trinajstić information content (AvgIpc) is 2.62. The lowest BCUT2D eigenvalue weighted by Crippen LogP contribution is -2.35. The van der Waals surface area contributed by atoms with Crippen LogP contribution in [0.3, 0.4) is 0 Å². The van der Waals surface area contributed by atoms with Crippen LogP contribution in [0.25, 0.3) is 0 Å². The van der Waals surface area contributed by atoms with E-state index in [0.29, 0.717) is 11.7 Å². The normalized spacial score (nSPS) is 10.0. The highest BCUT2D eigenvalue weighted by Gasteiger charge is 1.99. The average molecular weight is 226 g/mol. The summed E-state index contributed by atoms with van der Waals surface area (Å²) in [5.74, 6) is 1.84. The largest absolute Gasteiger partial charge is 0.465 e. The van der Waals surface area contributed by atoms with Gasteiger partial charge >= 0.3 is 0 Å². The number of nitrogens with one attached hydrogen (secondary N) is 2. The maximum Gasteiger partial charge on any atom is 0.166 e. The van der Waals surface area contributed by atoms with Crippen molar-refractivity contribution in [2.45, 2.75) is 33.2 Å². The van der Waals surface area contributed by atoms with Crippen molar-refractivity contribution in [3.05, 3.63) is 23.7 Å². The molecule has 0 bridgehead atoms. The molecular weight excluding hydrogens is 208 g/mol. The van der Waals surface area contributed by atoms with Gasteiger partial charge in [0, 0.05) is 6.54 Å². The molecule has 0 aromatic carbocycles. The first-order chi connectivity index (χ1) is 7.22. The van der Waals surface area contributed by atoms with E-state index < -0.39 is 0 Å². The van der Waals surface area contributed by atoms with Gasteiger partial charge in [0.2, 0.25) is 0 Å². The minimum atomic E-state index is 0.645. The van der Waals surface area contributed by atoms with Crippen LogP contribution in [0.2, 0.25) is 0 Å². The topological polar surface area (TPSA) is 37.2 Å². The Morgan fingerprint density at radius 3 is 2.80 bits per heavy atom. The molecule has 4 heteroatoms. The number of thiocarbonyl (C=S) groups is 1. The first-order valence-electron chi connectivity index (χ1n) is 5.29. The smallest absolute Gasteiger partial charge is 0.166 e. The summed E-state index contributed by atoms with van der Waals surface area (Å²) in [6.07, 6.45) is 2.31. The van der Waals surface area contributed by atoms with Gasteiger partial charge in [-0.2, -0.15) is 0 Å². The summed E-state index contributed by atoms with van der Waals surface area (Å²) in [5, 5.41) is 6.93. The second-order valence-electron chi connectivity index (χ2n) is 3.48. The predicted molar refractivity (Wildman–Crippen MR) is 65.8 cm³/mol. The summed E-state index contributed by atoms with van der Waals surface area (Å²) in [6, 6.07) is 3.90. The lowest BCUT2D eigenvalue weighted by Gasteiger charge is -2.08. The van der Waals surface area contributed by atoms with E-state index in [0.717, 1.165) is 24.5 Å². The molecule has 1 aromatic heterocycles. The van der Waals surface area contributed by atoms with Crippen molar-refractivity contribution in [3.8, 4) is 0 Å². The molecule has 1 aromatic rings. The SMILES string of the molecule is CCCCNC(=S)NCc1ccc(C)o1. The lowest BCUT2D eigenvalue weighted by atomic mass is 10.3. The molecule has 0 radical (unpaired) electrons. The Balaban J connectivity index is 2.16. The third-order valence-electron chi connectivity index (χ3n) is 2.04. The van der Waals surface area contributed by atoms with Gasteiger partial charge in [0.1, 0.15) is 11.5 Å². The van der Waals surface area contributed by atoms with E-state index in [-0.39, 0.29) is 0 Å². The first-order valence-corrected chi connectivity index (χ1v) is 5.70. The van der Waals surface area contributed by atoms with Crippen LogP contribution in [0.5, 0.6) is 0 Å². The van der Waals surface area contributed by atoms with Crippen LogP contribution in [0.4, 0.5) is 0 Å². The molecule has 0 atom stereocenters. The molecule has 3 nitrogen and oxygen atoms in total. The Morgan fingerprint density at radius 1 is 1.40 bits per heavy atom. The molecule has 0 unspecified atom stereocenters. The van der Waals surface area contributed by atoms with Gasteiger partial charge in [0.05, 0.1) is 6.54 Å². The van der Waals surface area contributed by atoms with Gasteiger partial charge in [0.15, 0.2) is 5.11 Å². The highest BCUT2D eigenvalue weighted by Crippen LogP contribution is 2.05. The number of rotatable bonds is 5. The second kappa shape index (κ2) is 6.45.